The zero-order chi connectivity index (χ0) is 44.8. The summed E-state index contributed by atoms with van der Waals surface area (Å²) < 4.78 is 2.22. The lowest BCUT2D eigenvalue weighted by molar-refractivity contribution is 0.934. The molecule has 2 aliphatic rings. The molecule has 0 N–H and O–H groups in total. The van der Waals surface area contributed by atoms with Gasteiger partial charge in [-0.05, 0) is 77.8 Å². The van der Waals surface area contributed by atoms with Crippen LogP contribution in [-0.4, -0.2) is 34.3 Å². The molecule has 0 saturated carbocycles. The standard InChI is InChI=1S/C61H40BN5Si/c1-4-22-43(23-5-1)68(44-24-6-2-7-25-44,45-26-8-3-9-27-45)46-28-18-21-42(40-46)59-63-60(66-53-35-15-11-30-48(53)49-31-12-16-36-54(49)66)65-61(64-59)67-55-37-17-14-34-52(55)62-51-33-13-10-29-47(51)50-32-19-20-41-38-39-56(67)58(62)57(41)50/h1-40H. The van der Waals surface area contributed by atoms with Crippen LogP contribution in [0.25, 0.3) is 61.0 Å². The third-order valence-electron chi connectivity index (χ3n) is 14.4. The van der Waals surface area contributed by atoms with Gasteiger partial charge in [0.25, 0.3) is 0 Å². The molecule has 5 nitrogen and oxygen atoms in total. The van der Waals surface area contributed by atoms with E-state index in [0.717, 1.165) is 38.7 Å². The Morgan fingerprint density at radius 1 is 0.382 bits per heavy atom. The van der Waals surface area contributed by atoms with Crippen LogP contribution in [0.1, 0.15) is 0 Å². The number of anilines is 3. The van der Waals surface area contributed by atoms with E-state index in [-0.39, 0.29) is 6.71 Å². The van der Waals surface area contributed by atoms with Crippen LogP contribution in [0.15, 0.2) is 243 Å². The zero-order valence-corrected chi connectivity index (χ0v) is 37.9. The molecule has 68 heavy (non-hydrogen) atoms. The molecule has 2 aromatic heterocycles. The molecule has 10 aromatic carbocycles. The molecule has 12 aromatic rings. The van der Waals surface area contributed by atoms with E-state index in [2.05, 4.69) is 252 Å². The van der Waals surface area contributed by atoms with Gasteiger partial charge in [0.2, 0.25) is 18.6 Å². The zero-order valence-electron chi connectivity index (χ0n) is 36.9. The second-order valence-electron chi connectivity index (χ2n) is 17.9. The van der Waals surface area contributed by atoms with Crippen LogP contribution in [0.4, 0.5) is 17.3 Å². The van der Waals surface area contributed by atoms with E-state index in [0.29, 0.717) is 17.7 Å². The molecule has 4 heterocycles. The van der Waals surface area contributed by atoms with Gasteiger partial charge >= 0.3 is 0 Å². The Balaban J connectivity index is 1.07. The summed E-state index contributed by atoms with van der Waals surface area (Å²) in [5.41, 5.74) is 11.5. The summed E-state index contributed by atoms with van der Waals surface area (Å²) in [4.78, 5) is 19.1. The Labute approximate surface area is 395 Å². The van der Waals surface area contributed by atoms with Crippen molar-refractivity contribution in [3.05, 3.63) is 243 Å². The van der Waals surface area contributed by atoms with E-state index in [1.54, 1.807) is 0 Å². The predicted octanol–water partition coefficient (Wildman–Crippen LogP) is 9.45. The van der Waals surface area contributed by atoms with Gasteiger partial charge in [-0.1, -0.05) is 224 Å². The molecular weight excluding hydrogens is 842 g/mol. The van der Waals surface area contributed by atoms with Crippen molar-refractivity contribution in [2.45, 2.75) is 0 Å². The number of aromatic nitrogens is 4. The van der Waals surface area contributed by atoms with Crippen molar-refractivity contribution < 1.29 is 0 Å². The number of para-hydroxylation sites is 3. The van der Waals surface area contributed by atoms with E-state index in [4.69, 9.17) is 15.0 Å². The molecule has 0 fully saturated rings. The number of fused-ring (bicyclic) bond motifs is 8. The highest BCUT2D eigenvalue weighted by atomic mass is 28.3. The Hall–Kier alpha value is -8.65. The smallest absolute Gasteiger partial charge is 0.248 e. The quantitative estimate of drug-likeness (QED) is 0.118. The highest BCUT2D eigenvalue weighted by Gasteiger charge is 2.43. The van der Waals surface area contributed by atoms with Crippen molar-refractivity contribution in [1.82, 2.24) is 19.5 Å². The van der Waals surface area contributed by atoms with Gasteiger partial charge in [0.15, 0.2) is 13.9 Å². The molecule has 0 amide bonds. The fourth-order valence-electron chi connectivity index (χ4n) is 11.6. The number of hydrogen-bond donors (Lipinski definition) is 0. The molecular formula is C61H40BN5Si. The molecule has 0 bridgehead atoms. The second kappa shape index (κ2) is 15.2. The molecule has 316 valence electrons. The first kappa shape index (κ1) is 38.6. The van der Waals surface area contributed by atoms with Crippen molar-refractivity contribution in [2.75, 3.05) is 4.90 Å². The monoisotopic (exact) mass is 881 g/mol. The maximum absolute atomic E-state index is 5.63. The Kier molecular flexibility index (Phi) is 8.63. The van der Waals surface area contributed by atoms with Crippen LogP contribution in [-0.2, 0) is 0 Å². The molecule has 0 aliphatic carbocycles. The first-order chi connectivity index (χ1) is 33.8. The molecule has 0 unspecified atom stereocenters. The van der Waals surface area contributed by atoms with Crippen molar-refractivity contribution in [2.24, 2.45) is 0 Å². The van der Waals surface area contributed by atoms with Crippen LogP contribution in [0.3, 0.4) is 0 Å². The average molecular weight is 882 g/mol. The molecule has 0 spiro atoms. The van der Waals surface area contributed by atoms with Gasteiger partial charge in [0, 0.05) is 27.7 Å². The third kappa shape index (κ3) is 5.60. The first-order valence-corrected chi connectivity index (χ1v) is 25.3. The van der Waals surface area contributed by atoms with Crippen LogP contribution in [0.5, 0.6) is 0 Å². The molecule has 0 saturated heterocycles. The maximum atomic E-state index is 5.63. The van der Waals surface area contributed by atoms with Gasteiger partial charge in [-0.15, -0.1) is 0 Å². The summed E-state index contributed by atoms with van der Waals surface area (Å²) in [5.74, 6) is 1.73. The van der Waals surface area contributed by atoms with Crippen LogP contribution in [0, 0.1) is 0 Å². The third-order valence-corrected chi connectivity index (χ3v) is 19.2. The topological polar surface area (TPSA) is 46.8 Å². The van der Waals surface area contributed by atoms with Crippen molar-refractivity contribution >= 4 is 102 Å². The summed E-state index contributed by atoms with van der Waals surface area (Å²) in [6.45, 7) is 0.0362. The summed E-state index contributed by atoms with van der Waals surface area (Å²) in [6.07, 6.45) is 0. The second-order valence-corrected chi connectivity index (χ2v) is 21.7. The van der Waals surface area contributed by atoms with Gasteiger partial charge in [-0.3, -0.25) is 9.47 Å². The lowest BCUT2D eigenvalue weighted by Crippen LogP contribution is -2.74. The minimum Gasteiger partial charge on any atom is -0.280 e. The first-order valence-electron chi connectivity index (χ1n) is 23.3. The SMILES string of the molecule is c1ccc([Si](c2ccccc2)(c2ccccc2)c2cccc(-c3nc(N4c5ccccc5B5c6ccccc6-c6cccc7ccc4c5c67)nc(-n4c5ccccc5c5ccccc54)n3)c2)cc1. The molecule has 7 heteroatoms. The van der Waals surface area contributed by atoms with Crippen molar-refractivity contribution in [1.29, 1.82) is 0 Å². The van der Waals surface area contributed by atoms with Gasteiger partial charge in [-0.25, -0.2) is 0 Å². The van der Waals surface area contributed by atoms with Crippen molar-refractivity contribution in [3.8, 4) is 28.5 Å². The van der Waals surface area contributed by atoms with E-state index < -0.39 is 8.07 Å². The summed E-state index contributed by atoms with van der Waals surface area (Å²) in [5, 5.41) is 9.97. The molecule has 0 atom stereocenters. The molecule has 14 rings (SSSR count). The Bertz CT molecular complexity index is 3800. The summed E-state index contributed by atoms with van der Waals surface area (Å²) >= 11 is 0. The lowest BCUT2D eigenvalue weighted by Gasteiger charge is -2.39. The summed E-state index contributed by atoms with van der Waals surface area (Å²) in [7, 11) is -2.89. The summed E-state index contributed by atoms with van der Waals surface area (Å²) in [6, 6.07) is 88.4. The van der Waals surface area contributed by atoms with Gasteiger partial charge < -0.3 is 0 Å². The van der Waals surface area contributed by atoms with Crippen LogP contribution >= 0.6 is 0 Å². The van der Waals surface area contributed by atoms with Gasteiger partial charge in [0.1, 0.15) is 0 Å². The average Bonchev–Trinajstić information content (AvgIpc) is 3.75. The van der Waals surface area contributed by atoms with E-state index in [1.807, 2.05) is 0 Å². The minimum absolute atomic E-state index is 0.0362. The normalized spacial score (nSPS) is 12.6. The van der Waals surface area contributed by atoms with Crippen LogP contribution < -0.4 is 42.0 Å². The van der Waals surface area contributed by atoms with Gasteiger partial charge in [0.05, 0.1) is 11.0 Å². The van der Waals surface area contributed by atoms with E-state index in [9.17, 15) is 0 Å². The lowest BCUT2D eigenvalue weighted by atomic mass is 9.32. The highest BCUT2D eigenvalue weighted by Crippen LogP contribution is 2.42. The van der Waals surface area contributed by atoms with Crippen molar-refractivity contribution in [3.63, 3.8) is 0 Å². The Morgan fingerprint density at radius 3 is 1.62 bits per heavy atom. The Morgan fingerprint density at radius 2 is 0.926 bits per heavy atom. The fraction of sp³-hybridized carbons (Fsp3) is 0. The van der Waals surface area contributed by atoms with Gasteiger partial charge in [-0.2, -0.15) is 15.0 Å². The van der Waals surface area contributed by atoms with Crippen LogP contribution in [0.2, 0.25) is 0 Å². The number of hydrogen-bond acceptors (Lipinski definition) is 4. The number of benzene rings is 10. The number of rotatable bonds is 7. The predicted molar refractivity (Wildman–Crippen MR) is 285 cm³/mol. The molecule has 0 radical (unpaired) electrons. The number of nitrogens with zero attached hydrogens (tertiary/aromatic N) is 5. The van der Waals surface area contributed by atoms with E-state index in [1.165, 1.54) is 59.0 Å². The van der Waals surface area contributed by atoms with E-state index >= 15 is 0 Å². The largest absolute Gasteiger partial charge is 0.280 e. The molecule has 2 aliphatic heterocycles. The maximum Gasteiger partial charge on any atom is 0.248 e. The minimum atomic E-state index is -2.89. The fourth-order valence-corrected chi connectivity index (χ4v) is 16.4. The highest BCUT2D eigenvalue weighted by molar-refractivity contribution is 7.20.